The quantitative estimate of drug-likeness (QED) is 0.821. The lowest BCUT2D eigenvalue weighted by atomic mass is 9.94. The summed E-state index contributed by atoms with van der Waals surface area (Å²) < 4.78 is 12.9. The molecule has 0 atom stereocenters. The first-order valence-electron chi connectivity index (χ1n) is 7.18. The minimum absolute atomic E-state index is 0.120. The van der Waals surface area contributed by atoms with E-state index in [4.69, 9.17) is 0 Å². The van der Waals surface area contributed by atoms with E-state index in [-0.39, 0.29) is 18.0 Å². The molecule has 0 radical (unpaired) electrons. The van der Waals surface area contributed by atoms with E-state index in [1.54, 1.807) is 23.5 Å². The molecule has 0 fully saturated rings. The Morgan fingerprint density at radius 1 is 1.24 bits per heavy atom. The zero-order valence-corrected chi connectivity index (χ0v) is 13.2. The fraction of sp³-hybridized carbons (Fsp3) is 0.438. The number of hydrogen-bond donors (Lipinski definition) is 2. The van der Waals surface area contributed by atoms with Crippen LogP contribution < -0.4 is 5.32 Å². The first-order chi connectivity index (χ1) is 10.1. The van der Waals surface area contributed by atoms with Gasteiger partial charge in [-0.1, -0.05) is 13.8 Å². The average molecular weight is 308 g/mol. The van der Waals surface area contributed by atoms with Gasteiger partial charge in [0.25, 0.3) is 0 Å². The third-order valence-electron chi connectivity index (χ3n) is 3.94. The number of nitrogens with one attached hydrogen (secondary N) is 1. The molecule has 0 unspecified atom stereocenters. The molecule has 0 aliphatic heterocycles. The third-order valence-corrected chi connectivity index (χ3v) is 4.88. The highest BCUT2D eigenvalue weighted by atomic mass is 32.1. The van der Waals surface area contributed by atoms with Gasteiger partial charge in [-0.15, -0.1) is 11.3 Å². The maximum absolute atomic E-state index is 12.9. The van der Waals surface area contributed by atoms with Crippen molar-refractivity contribution in [1.29, 1.82) is 0 Å². The van der Waals surface area contributed by atoms with Crippen LogP contribution in [0.5, 0.6) is 0 Å². The molecule has 0 spiro atoms. The molecule has 0 bridgehead atoms. The summed E-state index contributed by atoms with van der Waals surface area (Å²) in [5.41, 5.74) is 1.63. The molecule has 1 heterocycles. The molecule has 5 heteroatoms. The second-order valence-electron chi connectivity index (χ2n) is 5.15. The maximum atomic E-state index is 12.9. The number of aliphatic hydroxyl groups excluding tert-OH is 1. The van der Waals surface area contributed by atoms with E-state index in [1.807, 2.05) is 5.38 Å². The predicted molar refractivity (Wildman–Crippen MR) is 84.7 cm³/mol. The van der Waals surface area contributed by atoms with Gasteiger partial charge in [0.05, 0.1) is 12.3 Å². The highest BCUT2D eigenvalue weighted by Crippen LogP contribution is 2.24. The summed E-state index contributed by atoms with van der Waals surface area (Å²) in [6.45, 7) is 4.88. The first kappa shape index (κ1) is 16.1. The molecule has 2 N–H and O–H groups in total. The smallest absolute Gasteiger partial charge is 0.123 e. The summed E-state index contributed by atoms with van der Waals surface area (Å²) in [6, 6.07) is 6.36. The van der Waals surface area contributed by atoms with Gasteiger partial charge in [0.2, 0.25) is 0 Å². The fourth-order valence-electron chi connectivity index (χ4n) is 2.17. The lowest BCUT2D eigenvalue weighted by Crippen LogP contribution is -2.47. The van der Waals surface area contributed by atoms with Crippen molar-refractivity contribution in [3.63, 3.8) is 0 Å². The zero-order valence-electron chi connectivity index (χ0n) is 12.4. The van der Waals surface area contributed by atoms with Gasteiger partial charge in [0, 0.05) is 23.0 Å². The summed E-state index contributed by atoms with van der Waals surface area (Å²) in [4.78, 5) is 4.57. The molecule has 0 aliphatic rings. The second kappa shape index (κ2) is 7.11. The van der Waals surface area contributed by atoms with Gasteiger partial charge in [-0.2, -0.15) is 0 Å². The predicted octanol–water partition coefficient (Wildman–Crippen LogP) is 3.59. The Morgan fingerprint density at radius 3 is 2.48 bits per heavy atom. The molecule has 21 heavy (non-hydrogen) atoms. The molecule has 3 nitrogen and oxygen atoms in total. The number of halogens is 1. The maximum Gasteiger partial charge on any atom is 0.123 e. The van der Waals surface area contributed by atoms with Gasteiger partial charge in [-0.25, -0.2) is 9.37 Å². The molecule has 114 valence electrons. The van der Waals surface area contributed by atoms with Crippen molar-refractivity contribution < 1.29 is 9.50 Å². The molecule has 2 aromatic rings. The highest BCUT2D eigenvalue weighted by molar-refractivity contribution is 7.13. The van der Waals surface area contributed by atoms with Gasteiger partial charge >= 0.3 is 0 Å². The summed E-state index contributed by atoms with van der Waals surface area (Å²) >= 11 is 1.55. The Hall–Kier alpha value is -1.30. The summed E-state index contributed by atoms with van der Waals surface area (Å²) in [5.74, 6) is -0.240. The normalized spacial score (nSPS) is 11.8. The Labute approximate surface area is 128 Å². The van der Waals surface area contributed by atoms with Gasteiger partial charge < -0.3 is 10.4 Å². The SMILES string of the molecule is CCC(CC)(CO)NCc1csc(-c2ccc(F)cc2)n1. The standard InChI is InChI=1S/C16H21FN2OS/c1-3-16(4-2,11-20)18-9-14-10-21-15(19-14)12-5-7-13(17)8-6-12/h5-8,10,18,20H,3-4,9,11H2,1-2H3. The minimum Gasteiger partial charge on any atom is -0.394 e. The average Bonchev–Trinajstić information content (AvgIpc) is 2.99. The summed E-state index contributed by atoms with van der Waals surface area (Å²) in [7, 11) is 0. The zero-order chi connectivity index (χ0) is 15.3. The Balaban J connectivity index is 2.05. The van der Waals surface area contributed by atoms with Crippen molar-refractivity contribution in [2.24, 2.45) is 0 Å². The number of rotatable bonds is 7. The lowest BCUT2D eigenvalue weighted by molar-refractivity contribution is 0.149. The van der Waals surface area contributed by atoms with Crippen molar-refractivity contribution in [1.82, 2.24) is 10.3 Å². The molecule has 0 amide bonds. The molecule has 0 saturated carbocycles. The van der Waals surface area contributed by atoms with Gasteiger partial charge in [-0.05, 0) is 37.1 Å². The van der Waals surface area contributed by atoms with Crippen LogP contribution in [-0.2, 0) is 6.54 Å². The van der Waals surface area contributed by atoms with Gasteiger partial charge in [0.1, 0.15) is 10.8 Å². The molecule has 0 aliphatic carbocycles. The van der Waals surface area contributed by atoms with Crippen LogP contribution in [0.1, 0.15) is 32.4 Å². The van der Waals surface area contributed by atoms with Crippen LogP contribution in [-0.4, -0.2) is 22.2 Å². The van der Waals surface area contributed by atoms with Crippen molar-refractivity contribution in [2.75, 3.05) is 6.61 Å². The van der Waals surface area contributed by atoms with Crippen molar-refractivity contribution >= 4 is 11.3 Å². The number of thiazole rings is 1. The van der Waals surface area contributed by atoms with E-state index in [2.05, 4.69) is 24.1 Å². The number of aromatic nitrogens is 1. The molecule has 1 aromatic carbocycles. The first-order valence-corrected chi connectivity index (χ1v) is 8.06. The molecule has 0 saturated heterocycles. The highest BCUT2D eigenvalue weighted by Gasteiger charge is 2.24. The van der Waals surface area contributed by atoms with Crippen molar-refractivity contribution in [3.05, 3.63) is 41.2 Å². The van der Waals surface area contributed by atoms with E-state index in [0.717, 1.165) is 29.1 Å². The van der Waals surface area contributed by atoms with Crippen LogP contribution >= 0.6 is 11.3 Å². The Morgan fingerprint density at radius 2 is 1.90 bits per heavy atom. The fourth-order valence-corrected chi connectivity index (χ4v) is 3.00. The second-order valence-corrected chi connectivity index (χ2v) is 6.01. The van der Waals surface area contributed by atoms with Crippen molar-refractivity contribution in [3.8, 4) is 10.6 Å². The number of nitrogens with zero attached hydrogens (tertiary/aromatic N) is 1. The monoisotopic (exact) mass is 308 g/mol. The molecule has 2 rings (SSSR count). The van der Waals surface area contributed by atoms with Gasteiger partial charge in [-0.3, -0.25) is 0 Å². The number of benzene rings is 1. The van der Waals surface area contributed by atoms with E-state index in [9.17, 15) is 9.50 Å². The topological polar surface area (TPSA) is 45.1 Å². The Bertz CT molecular complexity index is 556. The van der Waals surface area contributed by atoms with E-state index in [1.165, 1.54) is 12.1 Å². The number of aliphatic hydroxyl groups is 1. The minimum atomic E-state index is -0.240. The van der Waals surface area contributed by atoms with E-state index >= 15 is 0 Å². The molecular formula is C16H21FN2OS. The van der Waals surface area contributed by atoms with Crippen LogP contribution in [0.4, 0.5) is 4.39 Å². The van der Waals surface area contributed by atoms with Crippen LogP contribution in [0.3, 0.4) is 0 Å². The summed E-state index contributed by atoms with van der Waals surface area (Å²) in [6.07, 6.45) is 1.74. The van der Waals surface area contributed by atoms with Crippen LogP contribution in [0.25, 0.3) is 10.6 Å². The van der Waals surface area contributed by atoms with Crippen LogP contribution in [0.15, 0.2) is 29.6 Å². The molecule has 1 aromatic heterocycles. The summed E-state index contributed by atoms with van der Waals surface area (Å²) in [5, 5.41) is 15.8. The largest absolute Gasteiger partial charge is 0.394 e. The van der Waals surface area contributed by atoms with E-state index in [0.29, 0.717) is 6.54 Å². The lowest BCUT2D eigenvalue weighted by Gasteiger charge is -2.30. The van der Waals surface area contributed by atoms with Crippen LogP contribution in [0.2, 0.25) is 0 Å². The Kier molecular flexibility index (Phi) is 5.45. The molecular weight excluding hydrogens is 287 g/mol. The van der Waals surface area contributed by atoms with Crippen LogP contribution in [0, 0.1) is 5.82 Å². The van der Waals surface area contributed by atoms with Crippen molar-refractivity contribution in [2.45, 2.75) is 38.8 Å². The number of hydrogen-bond acceptors (Lipinski definition) is 4. The van der Waals surface area contributed by atoms with E-state index < -0.39 is 0 Å². The third kappa shape index (κ3) is 3.87. The van der Waals surface area contributed by atoms with Gasteiger partial charge in [0.15, 0.2) is 0 Å².